The van der Waals surface area contributed by atoms with Crippen molar-refractivity contribution in [1.82, 2.24) is 4.72 Å². The van der Waals surface area contributed by atoms with Crippen molar-refractivity contribution < 1.29 is 17.9 Å². The van der Waals surface area contributed by atoms with Crippen LogP contribution >= 0.6 is 11.6 Å². The van der Waals surface area contributed by atoms with Crippen molar-refractivity contribution in [3.05, 3.63) is 53.1 Å². The molecule has 0 saturated heterocycles. The Hall–Kier alpha value is -2.09. The first-order chi connectivity index (χ1) is 12.3. The number of carbonyl (C=O) groups excluding carboxylic acids is 1. The molecule has 0 atom stereocenters. The maximum absolute atomic E-state index is 12.5. The lowest BCUT2D eigenvalue weighted by Gasteiger charge is -2.22. The van der Waals surface area contributed by atoms with Gasteiger partial charge in [-0.1, -0.05) is 23.7 Å². The molecule has 0 fully saturated rings. The minimum absolute atomic E-state index is 0.112. The highest BCUT2D eigenvalue weighted by Crippen LogP contribution is 2.26. The van der Waals surface area contributed by atoms with Gasteiger partial charge >= 0.3 is 0 Å². The van der Waals surface area contributed by atoms with Gasteiger partial charge in [-0.05, 0) is 49.7 Å². The van der Waals surface area contributed by atoms with E-state index in [1.165, 1.54) is 30.2 Å². The fourth-order valence-corrected chi connectivity index (χ4v) is 3.89. The van der Waals surface area contributed by atoms with Crippen molar-refractivity contribution in [2.24, 2.45) is 0 Å². The Kier molecular flexibility index (Phi) is 6.63. The van der Waals surface area contributed by atoms with Gasteiger partial charge in [0, 0.05) is 17.3 Å². The molecule has 8 heteroatoms. The van der Waals surface area contributed by atoms with E-state index in [1.807, 2.05) is 38.1 Å². The van der Waals surface area contributed by atoms with Gasteiger partial charge in [-0.2, -0.15) is 0 Å². The number of hydrogen-bond donors (Lipinski definition) is 1. The Bertz CT molecular complexity index is 900. The molecule has 140 valence electrons. The zero-order chi connectivity index (χ0) is 19.3. The largest absolute Gasteiger partial charge is 0.495 e. The molecule has 0 unspecified atom stereocenters. The lowest BCUT2D eigenvalue weighted by Crippen LogP contribution is -2.40. The summed E-state index contributed by atoms with van der Waals surface area (Å²) in [6.07, 6.45) is 0. The molecule has 0 aliphatic heterocycles. The number of sulfonamides is 1. The fourth-order valence-electron chi connectivity index (χ4n) is 2.49. The molecular weight excluding hydrogens is 376 g/mol. The van der Waals surface area contributed by atoms with Crippen molar-refractivity contribution >= 4 is 33.2 Å². The average molecular weight is 397 g/mol. The number of methoxy groups -OCH3 is 1. The van der Waals surface area contributed by atoms with Crippen LogP contribution in [0.2, 0.25) is 5.02 Å². The molecule has 0 aliphatic rings. The lowest BCUT2D eigenvalue weighted by atomic mass is 10.2. The van der Waals surface area contributed by atoms with E-state index in [0.29, 0.717) is 6.54 Å². The minimum Gasteiger partial charge on any atom is -0.495 e. The lowest BCUT2D eigenvalue weighted by molar-refractivity contribution is -0.117. The second-order valence-electron chi connectivity index (χ2n) is 5.60. The van der Waals surface area contributed by atoms with Gasteiger partial charge in [-0.3, -0.25) is 4.79 Å². The van der Waals surface area contributed by atoms with E-state index >= 15 is 0 Å². The van der Waals surface area contributed by atoms with Gasteiger partial charge in [0.15, 0.2) is 0 Å². The van der Waals surface area contributed by atoms with Crippen LogP contribution < -0.4 is 14.4 Å². The quantitative estimate of drug-likeness (QED) is 0.780. The second-order valence-corrected chi connectivity index (χ2v) is 7.77. The van der Waals surface area contributed by atoms with E-state index in [4.69, 9.17) is 16.3 Å². The smallest absolute Gasteiger partial charge is 0.244 e. The monoisotopic (exact) mass is 396 g/mol. The summed E-state index contributed by atoms with van der Waals surface area (Å²) in [5, 5.41) is 0.257. The molecule has 26 heavy (non-hydrogen) atoms. The number of benzene rings is 2. The average Bonchev–Trinajstić information content (AvgIpc) is 2.61. The Morgan fingerprint density at radius 2 is 1.96 bits per heavy atom. The molecule has 0 bridgehead atoms. The van der Waals surface area contributed by atoms with Crippen molar-refractivity contribution in [3.8, 4) is 5.75 Å². The molecular formula is C18H21ClN2O4S. The molecule has 0 saturated carbocycles. The van der Waals surface area contributed by atoms with Gasteiger partial charge in [0.2, 0.25) is 15.9 Å². The number of ether oxygens (including phenoxy) is 1. The number of anilines is 1. The summed E-state index contributed by atoms with van der Waals surface area (Å²) in [6, 6.07) is 11.7. The molecule has 6 nitrogen and oxygen atoms in total. The SMILES string of the molecule is CCN(C(=O)CNS(=O)(=O)c1cc(Cl)ccc1OC)c1cccc(C)c1. The topological polar surface area (TPSA) is 75.7 Å². The Balaban J connectivity index is 2.18. The molecule has 0 heterocycles. The molecule has 1 amide bonds. The summed E-state index contributed by atoms with van der Waals surface area (Å²) in [5.74, 6) is -0.206. The van der Waals surface area contributed by atoms with E-state index in [2.05, 4.69) is 4.72 Å². The summed E-state index contributed by atoms with van der Waals surface area (Å²) in [5.41, 5.74) is 1.73. The van der Waals surface area contributed by atoms with Gasteiger partial charge < -0.3 is 9.64 Å². The third-order valence-corrected chi connectivity index (χ3v) is 5.42. The number of carbonyl (C=O) groups is 1. The van der Waals surface area contributed by atoms with Crippen molar-refractivity contribution in [2.45, 2.75) is 18.7 Å². The minimum atomic E-state index is -3.96. The Morgan fingerprint density at radius 1 is 1.23 bits per heavy atom. The zero-order valence-electron chi connectivity index (χ0n) is 14.8. The molecule has 2 aromatic carbocycles. The maximum Gasteiger partial charge on any atom is 0.244 e. The van der Waals surface area contributed by atoms with Crippen LogP contribution in [0.5, 0.6) is 5.75 Å². The van der Waals surface area contributed by atoms with Crippen LogP contribution in [0.15, 0.2) is 47.4 Å². The van der Waals surface area contributed by atoms with Crippen LogP contribution in [0.3, 0.4) is 0 Å². The Morgan fingerprint density at radius 3 is 2.58 bits per heavy atom. The normalized spacial score (nSPS) is 11.2. The predicted octanol–water partition coefficient (Wildman–Crippen LogP) is 2.99. The van der Waals surface area contributed by atoms with Crippen molar-refractivity contribution in [3.63, 3.8) is 0 Å². The summed E-state index contributed by atoms with van der Waals surface area (Å²) in [4.78, 5) is 13.9. The first-order valence-electron chi connectivity index (χ1n) is 7.98. The number of hydrogen-bond acceptors (Lipinski definition) is 4. The second kappa shape index (κ2) is 8.53. The maximum atomic E-state index is 12.5. The van der Waals surface area contributed by atoms with Crippen LogP contribution in [-0.4, -0.2) is 34.5 Å². The summed E-state index contributed by atoms with van der Waals surface area (Å²) < 4.78 is 32.5. The first-order valence-corrected chi connectivity index (χ1v) is 9.85. The highest BCUT2D eigenvalue weighted by Gasteiger charge is 2.22. The number of nitrogens with one attached hydrogen (secondary N) is 1. The molecule has 0 aromatic heterocycles. The van der Waals surface area contributed by atoms with E-state index in [0.717, 1.165) is 11.3 Å². The highest BCUT2D eigenvalue weighted by atomic mass is 35.5. The highest BCUT2D eigenvalue weighted by molar-refractivity contribution is 7.89. The zero-order valence-corrected chi connectivity index (χ0v) is 16.4. The Labute approximate surface area is 158 Å². The first kappa shape index (κ1) is 20.2. The van der Waals surface area contributed by atoms with Crippen LogP contribution in [0.4, 0.5) is 5.69 Å². The molecule has 0 aliphatic carbocycles. The van der Waals surface area contributed by atoms with Gasteiger partial charge in [0.25, 0.3) is 0 Å². The van der Waals surface area contributed by atoms with Crippen molar-refractivity contribution in [2.75, 3.05) is 25.1 Å². The van der Waals surface area contributed by atoms with Gasteiger partial charge in [0.1, 0.15) is 10.6 Å². The van der Waals surface area contributed by atoms with Crippen LogP contribution in [0.25, 0.3) is 0 Å². The summed E-state index contributed by atoms with van der Waals surface area (Å²) in [7, 11) is -2.59. The van der Waals surface area contributed by atoms with E-state index in [-0.39, 0.29) is 28.1 Å². The molecule has 1 N–H and O–H groups in total. The van der Waals surface area contributed by atoms with Crippen molar-refractivity contribution in [1.29, 1.82) is 0 Å². The fraction of sp³-hybridized carbons (Fsp3) is 0.278. The molecule has 0 radical (unpaired) electrons. The summed E-state index contributed by atoms with van der Waals surface area (Å²) >= 11 is 5.89. The van der Waals surface area contributed by atoms with E-state index < -0.39 is 10.0 Å². The number of halogens is 1. The number of nitrogens with zero attached hydrogens (tertiary/aromatic N) is 1. The van der Waals surface area contributed by atoms with Gasteiger partial charge in [0.05, 0.1) is 13.7 Å². The van der Waals surface area contributed by atoms with Gasteiger partial charge in [-0.25, -0.2) is 13.1 Å². The standard InChI is InChI=1S/C18H21ClN2O4S/c1-4-21(15-7-5-6-13(2)10-15)18(22)12-20-26(23,24)17-11-14(19)8-9-16(17)25-3/h5-11,20H,4,12H2,1-3H3. The van der Waals surface area contributed by atoms with E-state index in [9.17, 15) is 13.2 Å². The third kappa shape index (κ3) is 4.75. The molecule has 0 spiro atoms. The van der Waals surface area contributed by atoms with Gasteiger partial charge in [-0.15, -0.1) is 0 Å². The third-order valence-electron chi connectivity index (χ3n) is 3.76. The number of rotatable bonds is 7. The predicted molar refractivity (Wildman–Crippen MR) is 102 cm³/mol. The van der Waals surface area contributed by atoms with Crippen LogP contribution in [0, 0.1) is 6.92 Å². The van der Waals surface area contributed by atoms with Crippen LogP contribution in [0.1, 0.15) is 12.5 Å². The molecule has 2 aromatic rings. The number of likely N-dealkylation sites (N-methyl/N-ethyl adjacent to an activating group) is 1. The van der Waals surface area contributed by atoms with E-state index in [1.54, 1.807) is 0 Å². The number of aryl methyl sites for hydroxylation is 1. The van der Waals surface area contributed by atoms with Crippen LogP contribution in [-0.2, 0) is 14.8 Å². The number of amides is 1. The molecule has 2 rings (SSSR count). The summed E-state index contributed by atoms with van der Waals surface area (Å²) in [6.45, 7) is 3.80.